The largest absolute Gasteiger partial charge is 0.479 e. The molecule has 0 aliphatic carbocycles. The van der Waals surface area contributed by atoms with Crippen molar-refractivity contribution < 1.29 is 14.6 Å². The molecule has 0 aliphatic heterocycles. The Morgan fingerprint density at radius 1 is 1.64 bits per heavy atom. The highest BCUT2D eigenvalue weighted by Crippen LogP contribution is 2.19. The van der Waals surface area contributed by atoms with E-state index in [1.165, 1.54) is 0 Å². The average Bonchev–Trinajstić information content (AvgIpc) is 2.13. The highest BCUT2D eigenvalue weighted by molar-refractivity contribution is 5.74. The van der Waals surface area contributed by atoms with Gasteiger partial charge in [-0.2, -0.15) is 0 Å². The summed E-state index contributed by atoms with van der Waals surface area (Å²) in [5, 5.41) is 8.88. The van der Waals surface area contributed by atoms with Crippen molar-refractivity contribution in [3.05, 3.63) is 29.8 Å². The third kappa shape index (κ3) is 2.47. The van der Waals surface area contributed by atoms with Crippen LogP contribution in [0, 0.1) is 0 Å². The second kappa shape index (κ2) is 4.62. The van der Waals surface area contributed by atoms with Crippen molar-refractivity contribution in [2.45, 2.75) is 13.0 Å². The first-order valence-electron chi connectivity index (χ1n) is 4.35. The highest BCUT2D eigenvalue weighted by Gasteiger charge is 2.19. The molecule has 1 atom stereocenters. The molecule has 0 saturated carbocycles. The Labute approximate surface area is 82.3 Å². The van der Waals surface area contributed by atoms with Crippen molar-refractivity contribution in [3.8, 4) is 0 Å². The number of hydrogen-bond donors (Lipinski definition) is 2. The molecule has 0 fully saturated rings. The molecule has 0 spiro atoms. The minimum absolute atomic E-state index is 0.353. The molecule has 0 aliphatic rings. The van der Waals surface area contributed by atoms with Gasteiger partial charge >= 0.3 is 5.97 Å². The summed E-state index contributed by atoms with van der Waals surface area (Å²) in [6.07, 6.45) is -0.927. The van der Waals surface area contributed by atoms with Crippen LogP contribution in [0.1, 0.15) is 18.6 Å². The van der Waals surface area contributed by atoms with Gasteiger partial charge in [0.15, 0.2) is 6.10 Å². The van der Waals surface area contributed by atoms with Crippen LogP contribution in [0.4, 0.5) is 5.69 Å². The summed E-state index contributed by atoms with van der Waals surface area (Å²) in [5.74, 6) is -1.00. The van der Waals surface area contributed by atoms with Crippen LogP contribution in [0.3, 0.4) is 0 Å². The first kappa shape index (κ1) is 10.5. The number of nitrogen functional groups attached to an aromatic ring is 1. The molecule has 0 aromatic heterocycles. The summed E-state index contributed by atoms with van der Waals surface area (Å²) in [6, 6.07) is 6.70. The molecule has 14 heavy (non-hydrogen) atoms. The normalized spacial score (nSPS) is 12.4. The van der Waals surface area contributed by atoms with Gasteiger partial charge in [-0.25, -0.2) is 4.79 Å². The molecule has 1 aromatic rings. The fraction of sp³-hybridized carbons (Fsp3) is 0.300. The van der Waals surface area contributed by atoms with E-state index >= 15 is 0 Å². The maximum atomic E-state index is 10.8. The summed E-state index contributed by atoms with van der Waals surface area (Å²) < 4.78 is 5.09. The molecule has 4 nitrogen and oxygen atoms in total. The zero-order valence-corrected chi connectivity index (χ0v) is 7.93. The van der Waals surface area contributed by atoms with E-state index in [0.717, 1.165) is 0 Å². The SMILES string of the molecule is CCOC(C(=O)O)c1cccc(N)c1. The van der Waals surface area contributed by atoms with Gasteiger partial charge in [-0.15, -0.1) is 0 Å². The van der Waals surface area contributed by atoms with Crippen molar-refractivity contribution in [2.24, 2.45) is 0 Å². The van der Waals surface area contributed by atoms with Gasteiger partial charge in [0.2, 0.25) is 0 Å². The van der Waals surface area contributed by atoms with Crippen LogP contribution in [0.5, 0.6) is 0 Å². The van der Waals surface area contributed by atoms with Crippen molar-refractivity contribution in [1.29, 1.82) is 0 Å². The van der Waals surface area contributed by atoms with E-state index in [2.05, 4.69) is 0 Å². The van der Waals surface area contributed by atoms with Gasteiger partial charge in [-0.3, -0.25) is 0 Å². The number of anilines is 1. The molecular weight excluding hydrogens is 182 g/mol. The van der Waals surface area contributed by atoms with Gasteiger partial charge in [0, 0.05) is 12.3 Å². The van der Waals surface area contributed by atoms with Crippen LogP contribution in [0.15, 0.2) is 24.3 Å². The third-order valence-electron chi connectivity index (χ3n) is 1.77. The Balaban J connectivity index is 2.93. The molecule has 0 bridgehead atoms. The molecule has 1 aromatic carbocycles. The molecule has 3 N–H and O–H groups in total. The van der Waals surface area contributed by atoms with E-state index in [1.807, 2.05) is 0 Å². The molecule has 1 rings (SSSR count). The quantitative estimate of drug-likeness (QED) is 0.713. The van der Waals surface area contributed by atoms with Gasteiger partial charge in [0.25, 0.3) is 0 Å². The van der Waals surface area contributed by atoms with Gasteiger partial charge < -0.3 is 15.6 Å². The predicted molar refractivity (Wildman–Crippen MR) is 52.9 cm³/mol. The molecule has 4 heteroatoms. The van der Waals surface area contributed by atoms with E-state index in [1.54, 1.807) is 31.2 Å². The van der Waals surface area contributed by atoms with E-state index in [4.69, 9.17) is 15.6 Å². The van der Waals surface area contributed by atoms with Crippen LogP contribution in [-0.2, 0) is 9.53 Å². The lowest BCUT2D eigenvalue weighted by Crippen LogP contribution is -2.15. The topological polar surface area (TPSA) is 72.5 Å². The number of hydrogen-bond acceptors (Lipinski definition) is 3. The molecular formula is C10H13NO3. The molecule has 0 heterocycles. The second-order valence-corrected chi connectivity index (χ2v) is 2.84. The minimum Gasteiger partial charge on any atom is -0.479 e. The van der Waals surface area contributed by atoms with Crippen molar-refractivity contribution in [1.82, 2.24) is 0 Å². The van der Waals surface area contributed by atoms with E-state index in [-0.39, 0.29) is 0 Å². The number of nitrogens with two attached hydrogens (primary N) is 1. The Bertz CT molecular complexity index is 325. The standard InChI is InChI=1S/C10H13NO3/c1-2-14-9(10(12)13)7-4-3-5-8(11)6-7/h3-6,9H,2,11H2,1H3,(H,12,13). The molecule has 0 amide bonds. The summed E-state index contributed by atoms with van der Waals surface area (Å²) in [7, 11) is 0. The molecule has 0 radical (unpaired) electrons. The number of rotatable bonds is 4. The maximum absolute atomic E-state index is 10.8. The summed E-state index contributed by atoms with van der Waals surface area (Å²) in [6.45, 7) is 2.11. The van der Waals surface area contributed by atoms with Gasteiger partial charge in [0.1, 0.15) is 0 Å². The minimum atomic E-state index is -1.00. The van der Waals surface area contributed by atoms with E-state index in [0.29, 0.717) is 17.9 Å². The van der Waals surface area contributed by atoms with Crippen LogP contribution >= 0.6 is 0 Å². The van der Waals surface area contributed by atoms with Crippen molar-refractivity contribution in [2.75, 3.05) is 12.3 Å². The van der Waals surface area contributed by atoms with Gasteiger partial charge in [-0.05, 0) is 24.6 Å². The number of carboxylic acid groups (broad SMARTS) is 1. The fourth-order valence-corrected chi connectivity index (χ4v) is 1.20. The fourth-order valence-electron chi connectivity index (χ4n) is 1.20. The zero-order valence-electron chi connectivity index (χ0n) is 7.93. The number of benzene rings is 1. The third-order valence-corrected chi connectivity index (χ3v) is 1.77. The summed E-state index contributed by atoms with van der Waals surface area (Å²) in [5.41, 5.74) is 6.65. The zero-order chi connectivity index (χ0) is 10.6. The summed E-state index contributed by atoms with van der Waals surface area (Å²) >= 11 is 0. The molecule has 1 unspecified atom stereocenters. The lowest BCUT2D eigenvalue weighted by atomic mass is 10.1. The lowest BCUT2D eigenvalue weighted by molar-refractivity contribution is -0.150. The Hall–Kier alpha value is -1.55. The summed E-state index contributed by atoms with van der Waals surface area (Å²) in [4.78, 5) is 10.8. The van der Waals surface area contributed by atoms with Crippen molar-refractivity contribution >= 4 is 11.7 Å². The maximum Gasteiger partial charge on any atom is 0.337 e. The highest BCUT2D eigenvalue weighted by atomic mass is 16.5. The number of carbonyl (C=O) groups is 1. The van der Waals surface area contributed by atoms with Crippen LogP contribution in [0.25, 0.3) is 0 Å². The molecule has 76 valence electrons. The van der Waals surface area contributed by atoms with Crippen molar-refractivity contribution in [3.63, 3.8) is 0 Å². The van der Waals surface area contributed by atoms with Crippen LogP contribution in [0.2, 0.25) is 0 Å². The monoisotopic (exact) mass is 195 g/mol. The number of aliphatic carboxylic acids is 1. The van der Waals surface area contributed by atoms with Gasteiger partial charge in [-0.1, -0.05) is 12.1 Å². The van der Waals surface area contributed by atoms with Crippen LogP contribution in [-0.4, -0.2) is 17.7 Å². The smallest absolute Gasteiger partial charge is 0.337 e. The Morgan fingerprint density at radius 2 is 2.36 bits per heavy atom. The van der Waals surface area contributed by atoms with E-state index < -0.39 is 12.1 Å². The molecule has 0 saturated heterocycles. The average molecular weight is 195 g/mol. The Kier molecular flexibility index (Phi) is 3.48. The number of carboxylic acids is 1. The van der Waals surface area contributed by atoms with Gasteiger partial charge in [0.05, 0.1) is 0 Å². The van der Waals surface area contributed by atoms with E-state index in [9.17, 15) is 4.79 Å². The number of ether oxygens (including phenoxy) is 1. The Morgan fingerprint density at radius 3 is 2.86 bits per heavy atom. The predicted octanol–water partition coefficient (Wildman–Crippen LogP) is 1.43. The second-order valence-electron chi connectivity index (χ2n) is 2.84. The first-order chi connectivity index (χ1) is 6.65. The first-order valence-corrected chi connectivity index (χ1v) is 4.35. The lowest BCUT2D eigenvalue weighted by Gasteiger charge is -2.12. The van der Waals surface area contributed by atoms with Crippen LogP contribution < -0.4 is 5.73 Å².